The Bertz CT molecular complexity index is 892. The van der Waals surface area contributed by atoms with Gasteiger partial charge in [0.2, 0.25) is 0 Å². The molecular weight excluding hydrogens is 332 g/mol. The molecule has 3 aromatic rings. The molecule has 0 aliphatic rings. The maximum absolute atomic E-state index is 12.1. The number of carbonyl (C=O) groups excluding carboxylic acids is 1. The minimum atomic E-state index is -0.211. The van der Waals surface area contributed by atoms with Crippen LogP contribution in [-0.4, -0.2) is 17.5 Å². The van der Waals surface area contributed by atoms with Crippen LogP contribution < -0.4 is 10.1 Å². The van der Waals surface area contributed by atoms with Crippen LogP contribution in [0, 0.1) is 6.92 Å². The Morgan fingerprint density at radius 3 is 2.52 bits per heavy atom. The zero-order chi connectivity index (χ0) is 18.0. The molecule has 0 bridgehead atoms. The molecule has 0 unspecified atom stereocenters. The van der Waals surface area contributed by atoms with E-state index in [1.54, 1.807) is 0 Å². The summed E-state index contributed by atoms with van der Waals surface area (Å²) in [5.74, 6) is 0.472. The van der Waals surface area contributed by atoms with Crippen LogP contribution in [0.4, 0.5) is 5.13 Å². The summed E-state index contributed by atoms with van der Waals surface area (Å²) in [5, 5.41) is 3.41. The number of hydrogen-bond acceptors (Lipinski definition) is 4. The summed E-state index contributed by atoms with van der Waals surface area (Å²) in [6, 6.07) is 13.9. The summed E-state index contributed by atoms with van der Waals surface area (Å²) in [4.78, 5) is 16.6. The van der Waals surface area contributed by atoms with E-state index < -0.39 is 0 Å². The molecule has 0 aliphatic carbocycles. The summed E-state index contributed by atoms with van der Waals surface area (Å²) in [7, 11) is 0. The Labute approximate surface area is 151 Å². The van der Waals surface area contributed by atoms with Gasteiger partial charge in [-0.3, -0.25) is 10.1 Å². The number of ether oxygens (including phenoxy) is 1. The normalized spacial score (nSPS) is 11.5. The average Bonchev–Trinajstić information content (AvgIpc) is 2.96. The number of fused-ring (bicyclic) bond motifs is 1. The Morgan fingerprint density at radius 1 is 1.16 bits per heavy atom. The molecule has 0 aliphatic heterocycles. The number of carbonyl (C=O) groups is 1. The number of hydrogen-bond donors (Lipinski definition) is 1. The molecule has 0 radical (unpaired) electrons. The van der Waals surface area contributed by atoms with E-state index in [0.717, 1.165) is 15.8 Å². The molecule has 3 rings (SSSR count). The van der Waals surface area contributed by atoms with Crippen molar-refractivity contribution in [2.75, 3.05) is 11.9 Å². The Hall–Kier alpha value is -2.40. The Morgan fingerprint density at radius 2 is 1.88 bits per heavy atom. The SMILES string of the molecule is Cc1cccc2sc(NC(=O)COc3ccc(C(C)(C)C)cc3)nc12. The summed E-state index contributed by atoms with van der Waals surface area (Å²) < 4.78 is 6.63. The van der Waals surface area contributed by atoms with Crippen molar-refractivity contribution in [3.8, 4) is 5.75 Å². The third kappa shape index (κ3) is 4.17. The van der Waals surface area contributed by atoms with Gasteiger partial charge in [0, 0.05) is 0 Å². The lowest BCUT2D eigenvalue weighted by Crippen LogP contribution is -2.20. The average molecular weight is 354 g/mol. The van der Waals surface area contributed by atoms with Crippen LogP contribution in [0.5, 0.6) is 5.75 Å². The molecule has 0 fully saturated rings. The number of aryl methyl sites for hydroxylation is 1. The number of thiazole rings is 1. The first-order valence-corrected chi connectivity index (χ1v) is 9.04. The fourth-order valence-corrected chi connectivity index (χ4v) is 3.46. The van der Waals surface area contributed by atoms with Crippen LogP contribution in [0.2, 0.25) is 0 Å². The largest absolute Gasteiger partial charge is 0.484 e. The van der Waals surface area contributed by atoms with E-state index >= 15 is 0 Å². The number of rotatable bonds is 4. The van der Waals surface area contributed by atoms with Crippen LogP contribution in [0.3, 0.4) is 0 Å². The molecule has 0 spiro atoms. The number of anilines is 1. The van der Waals surface area contributed by atoms with Crippen LogP contribution in [-0.2, 0) is 10.2 Å². The van der Waals surface area contributed by atoms with Gasteiger partial charge in [-0.25, -0.2) is 4.98 Å². The van der Waals surface area contributed by atoms with Crippen molar-refractivity contribution < 1.29 is 9.53 Å². The van der Waals surface area contributed by atoms with Crippen molar-refractivity contribution in [2.45, 2.75) is 33.1 Å². The van der Waals surface area contributed by atoms with Gasteiger partial charge in [-0.05, 0) is 41.7 Å². The summed E-state index contributed by atoms with van der Waals surface area (Å²) in [6.07, 6.45) is 0. The molecule has 0 atom stereocenters. The number of nitrogens with one attached hydrogen (secondary N) is 1. The van der Waals surface area contributed by atoms with Crippen LogP contribution in [0.1, 0.15) is 31.9 Å². The second kappa shape index (κ2) is 6.84. The minimum absolute atomic E-state index is 0.0379. The third-order valence-electron chi connectivity index (χ3n) is 3.96. The predicted octanol–water partition coefficient (Wildman–Crippen LogP) is 4.92. The summed E-state index contributed by atoms with van der Waals surface area (Å²) in [6.45, 7) is 8.46. The summed E-state index contributed by atoms with van der Waals surface area (Å²) in [5.41, 5.74) is 3.36. The first-order valence-electron chi connectivity index (χ1n) is 8.22. The highest BCUT2D eigenvalue weighted by Gasteiger charge is 2.13. The van der Waals surface area contributed by atoms with E-state index in [0.29, 0.717) is 10.9 Å². The van der Waals surface area contributed by atoms with Gasteiger partial charge in [0.05, 0.1) is 10.2 Å². The number of amides is 1. The molecular formula is C20H22N2O2S. The maximum atomic E-state index is 12.1. The standard InChI is InChI=1S/C20H22N2O2S/c1-13-6-5-7-16-18(13)22-19(25-16)21-17(23)12-24-15-10-8-14(9-11-15)20(2,3)4/h5-11H,12H2,1-4H3,(H,21,22,23). The van der Waals surface area contributed by atoms with Crippen molar-refractivity contribution in [1.29, 1.82) is 0 Å². The minimum Gasteiger partial charge on any atom is -0.484 e. The highest BCUT2D eigenvalue weighted by atomic mass is 32.1. The predicted molar refractivity (Wildman–Crippen MR) is 104 cm³/mol. The van der Waals surface area contributed by atoms with E-state index in [2.05, 4.69) is 31.1 Å². The summed E-state index contributed by atoms with van der Waals surface area (Å²) >= 11 is 1.47. The van der Waals surface area contributed by atoms with Gasteiger partial charge < -0.3 is 4.74 Å². The fourth-order valence-electron chi connectivity index (χ4n) is 2.50. The number of benzene rings is 2. The van der Waals surface area contributed by atoms with Crippen molar-refractivity contribution in [2.24, 2.45) is 0 Å². The fraction of sp³-hybridized carbons (Fsp3) is 0.300. The zero-order valence-corrected chi connectivity index (χ0v) is 15.7. The van der Waals surface area contributed by atoms with Crippen LogP contribution in [0.15, 0.2) is 42.5 Å². The van der Waals surface area contributed by atoms with E-state index in [4.69, 9.17) is 4.74 Å². The smallest absolute Gasteiger partial charge is 0.264 e. The maximum Gasteiger partial charge on any atom is 0.264 e. The first kappa shape index (κ1) is 17.4. The zero-order valence-electron chi connectivity index (χ0n) is 14.9. The second-order valence-corrected chi connectivity index (χ2v) is 8.08. The molecule has 1 amide bonds. The monoisotopic (exact) mass is 354 g/mol. The molecule has 1 N–H and O–H groups in total. The highest BCUT2D eigenvalue weighted by molar-refractivity contribution is 7.22. The lowest BCUT2D eigenvalue weighted by atomic mass is 9.87. The number of nitrogens with zero attached hydrogens (tertiary/aromatic N) is 1. The molecule has 2 aromatic carbocycles. The third-order valence-corrected chi connectivity index (χ3v) is 4.89. The molecule has 0 saturated heterocycles. The number of aromatic nitrogens is 1. The molecule has 1 aromatic heterocycles. The van der Waals surface area contributed by atoms with Gasteiger partial charge in [0.15, 0.2) is 11.7 Å². The van der Waals surface area contributed by atoms with E-state index in [1.165, 1.54) is 16.9 Å². The molecule has 130 valence electrons. The van der Waals surface area contributed by atoms with Crippen molar-refractivity contribution in [3.05, 3.63) is 53.6 Å². The Kier molecular flexibility index (Phi) is 4.77. The lowest BCUT2D eigenvalue weighted by Gasteiger charge is -2.19. The molecule has 5 heteroatoms. The van der Waals surface area contributed by atoms with Crippen LogP contribution >= 0.6 is 11.3 Å². The molecule has 0 saturated carbocycles. The number of para-hydroxylation sites is 1. The van der Waals surface area contributed by atoms with Gasteiger partial charge in [0.25, 0.3) is 5.91 Å². The Balaban J connectivity index is 1.59. The molecule has 4 nitrogen and oxygen atoms in total. The second-order valence-electron chi connectivity index (χ2n) is 7.05. The van der Waals surface area contributed by atoms with E-state index in [9.17, 15) is 4.79 Å². The molecule has 1 heterocycles. The lowest BCUT2D eigenvalue weighted by molar-refractivity contribution is -0.118. The van der Waals surface area contributed by atoms with Crippen molar-refractivity contribution in [1.82, 2.24) is 4.98 Å². The first-order chi connectivity index (χ1) is 11.8. The van der Waals surface area contributed by atoms with Gasteiger partial charge >= 0.3 is 0 Å². The van der Waals surface area contributed by atoms with E-state index in [-0.39, 0.29) is 17.9 Å². The van der Waals surface area contributed by atoms with Crippen molar-refractivity contribution >= 4 is 32.6 Å². The van der Waals surface area contributed by atoms with Gasteiger partial charge in [-0.1, -0.05) is 56.4 Å². The van der Waals surface area contributed by atoms with Crippen molar-refractivity contribution in [3.63, 3.8) is 0 Å². The quantitative estimate of drug-likeness (QED) is 0.723. The van der Waals surface area contributed by atoms with E-state index in [1.807, 2.05) is 49.4 Å². The van der Waals surface area contributed by atoms with Crippen LogP contribution in [0.25, 0.3) is 10.2 Å². The van der Waals surface area contributed by atoms with Gasteiger partial charge in [-0.15, -0.1) is 0 Å². The highest BCUT2D eigenvalue weighted by Crippen LogP contribution is 2.28. The van der Waals surface area contributed by atoms with Gasteiger partial charge in [-0.2, -0.15) is 0 Å². The topological polar surface area (TPSA) is 51.2 Å². The molecule has 25 heavy (non-hydrogen) atoms. The van der Waals surface area contributed by atoms with Gasteiger partial charge in [0.1, 0.15) is 5.75 Å².